The van der Waals surface area contributed by atoms with Crippen LogP contribution in [0.15, 0.2) is 0 Å². The van der Waals surface area contributed by atoms with Crippen molar-refractivity contribution in [3.63, 3.8) is 0 Å². The van der Waals surface area contributed by atoms with E-state index in [0.717, 1.165) is 0 Å². The van der Waals surface area contributed by atoms with E-state index in [4.69, 9.17) is 0 Å². The molecule has 0 aromatic carbocycles. The zero-order valence-corrected chi connectivity index (χ0v) is 12.9. The number of hydrogen-bond donors (Lipinski definition) is 0. The summed E-state index contributed by atoms with van der Waals surface area (Å²) in [7, 11) is 0. The van der Waals surface area contributed by atoms with Crippen LogP contribution in [0.5, 0.6) is 0 Å². The summed E-state index contributed by atoms with van der Waals surface area (Å²) in [6, 6.07) is 0. The van der Waals surface area contributed by atoms with Crippen LogP contribution in [-0.4, -0.2) is 42.1 Å². The molecular weight excluding hydrogens is 466 g/mol. The van der Waals surface area contributed by atoms with E-state index in [9.17, 15) is 74.3 Å². The summed E-state index contributed by atoms with van der Waals surface area (Å²) in [6.45, 7) is -17.4. The van der Waals surface area contributed by atoms with Gasteiger partial charge in [-0.3, -0.25) is 0 Å². The molecule has 168 valence electrons. The number of hydrogen-bond acceptors (Lipinski definition) is 1. The van der Waals surface area contributed by atoms with Crippen LogP contribution in [-0.2, 0) is 4.52 Å². The van der Waals surface area contributed by atoms with Gasteiger partial charge in [-0.15, -0.1) is 0 Å². The second kappa shape index (κ2) is 5.42. The van der Waals surface area contributed by atoms with Crippen molar-refractivity contribution in [1.29, 1.82) is 0 Å². The van der Waals surface area contributed by atoms with Gasteiger partial charge >= 0.3 is 135 Å². The summed E-state index contributed by atoms with van der Waals surface area (Å²) in [5.41, 5.74) is -27.9. The molecule has 0 amide bonds. The van der Waals surface area contributed by atoms with Crippen molar-refractivity contribution in [2.24, 2.45) is 0 Å². The standard InChI is InChI=1S/C8H5F17OP/c1-2-26-27(24,25,6(18,19)3(9,10)11,7(20,21)4(12,13)14)8(22,23)5(15,16)17/h2H2,1H3/q-1. The average Bonchev–Trinajstić information content (AvgIpc) is 2.34. The van der Waals surface area contributed by atoms with Crippen LogP contribution in [0.4, 0.5) is 74.3 Å². The van der Waals surface area contributed by atoms with Gasteiger partial charge in [0.25, 0.3) is 0 Å². The summed E-state index contributed by atoms with van der Waals surface area (Å²) in [4.78, 5) is 0. The average molecular weight is 471 g/mol. The van der Waals surface area contributed by atoms with Crippen molar-refractivity contribution < 1.29 is 78.8 Å². The first-order chi connectivity index (χ1) is 11.2. The van der Waals surface area contributed by atoms with Crippen molar-refractivity contribution in [3.05, 3.63) is 0 Å². The number of rotatable bonds is 5. The molecule has 0 spiro atoms. The zero-order chi connectivity index (χ0) is 22.8. The molecule has 0 saturated heterocycles. The first-order valence-electron chi connectivity index (χ1n) is 5.77. The quantitative estimate of drug-likeness (QED) is 0.303. The van der Waals surface area contributed by atoms with Gasteiger partial charge in [-0.05, 0) is 0 Å². The molecule has 0 aromatic heterocycles. The van der Waals surface area contributed by atoms with Gasteiger partial charge in [0, 0.05) is 0 Å². The topological polar surface area (TPSA) is 9.23 Å². The first kappa shape index (κ1) is 26.2. The molecule has 27 heavy (non-hydrogen) atoms. The molecule has 0 heterocycles. The van der Waals surface area contributed by atoms with Crippen LogP contribution in [0, 0.1) is 0 Å². The molecule has 1 nitrogen and oxygen atoms in total. The molecule has 0 rings (SSSR count). The Labute approximate surface area is 136 Å². The SMILES string of the molecule is CCO[P-](F)(F)(C(F)(F)C(F)(F)F)(C(F)(F)C(F)(F)F)C(F)(F)C(F)(F)F. The minimum atomic E-state index is -14.1. The van der Waals surface area contributed by atoms with E-state index >= 15 is 0 Å². The molecule has 0 saturated carbocycles. The molecule has 0 radical (unpaired) electrons. The summed E-state index contributed by atoms with van der Waals surface area (Å²) in [5.74, 6) is 0. The Morgan fingerprint density at radius 2 is 0.704 bits per heavy atom. The molecule has 0 aliphatic rings. The third-order valence-electron chi connectivity index (χ3n) is 3.27. The van der Waals surface area contributed by atoms with Gasteiger partial charge in [0.05, 0.1) is 0 Å². The van der Waals surface area contributed by atoms with E-state index in [2.05, 4.69) is 0 Å². The molecule has 19 heteroatoms. The van der Waals surface area contributed by atoms with Crippen LogP contribution in [0.25, 0.3) is 0 Å². The van der Waals surface area contributed by atoms with Gasteiger partial charge in [0.1, 0.15) is 0 Å². The van der Waals surface area contributed by atoms with Crippen molar-refractivity contribution in [2.45, 2.75) is 42.4 Å². The molecular formula is C8H5F17OP-. The maximum absolute atomic E-state index is 14.5. The molecule has 0 aliphatic carbocycles. The van der Waals surface area contributed by atoms with Crippen molar-refractivity contribution >= 4 is 6.79 Å². The molecule has 0 atom stereocenters. The minimum absolute atomic E-state index is 0.380. The summed E-state index contributed by atoms with van der Waals surface area (Å²) in [5, 5.41) is 0. The van der Waals surface area contributed by atoms with Crippen molar-refractivity contribution in [1.82, 2.24) is 0 Å². The predicted molar refractivity (Wildman–Crippen MR) is 53.8 cm³/mol. The van der Waals surface area contributed by atoms with Crippen LogP contribution in [0.1, 0.15) is 6.92 Å². The van der Waals surface area contributed by atoms with Gasteiger partial charge in [0.2, 0.25) is 0 Å². The van der Waals surface area contributed by atoms with E-state index < -0.39 is 48.9 Å². The van der Waals surface area contributed by atoms with E-state index in [0.29, 0.717) is 0 Å². The summed E-state index contributed by atoms with van der Waals surface area (Å²) >= 11 is 0. The Balaban J connectivity index is 8.24. The zero-order valence-electron chi connectivity index (χ0n) is 12.0. The maximum atomic E-state index is 14.5. The first-order valence-corrected chi connectivity index (χ1v) is 8.15. The van der Waals surface area contributed by atoms with Gasteiger partial charge in [0.15, 0.2) is 0 Å². The summed E-state index contributed by atoms with van der Waals surface area (Å²) in [6.07, 6.45) is -25.4. The second-order valence-corrected chi connectivity index (χ2v) is 9.43. The molecule has 0 aromatic rings. The van der Waals surface area contributed by atoms with Gasteiger partial charge in [-0.2, -0.15) is 0 Å². The van der Waals surface area contributed by atoms with E-state index in [1.54, 1.807) is 4.52 Å². The third-order valence-corrected chi connectivity index (χ3v) is 8.51. The van der Waals surface area contributed by atoms with Crippen molar-refractivity contribution in [2.75, 3.05) is 6.61 Å². The Bertz CT molecular complexity index is 517. The van der Waals surface area contributed by atoms with Gasteiger partial charge in [-0.25, -0.2) is 0 Å². The van der Waals surface area contributed by atoms with Crippen LogP contribution in [0.3, 0.4) is 0 Å². The predicted octanol–water partition coefficient (Wildman–Crippen LogP) is 7.26. The van der Waals surface area contributed by atoms with E-state index in [-0.39, 0.29) is 6.92 Å². The van der Waals surface area contributed by atoms with E-state index in [1.807, 2.05) is 0 Å². The second-order valence-electron chi connectivity index (χ2n) is 4.85. The fourth-order valence-corrected chi connectivity index (χ4v) is 5.66. The molecule has 0 fully saturated rings. The Morgan fingerprint density at radius 1 is 0.519 bits per heavy atom. The summed E-state index contributed by atoms with van der Waals surface area (Å²) < 4.78 is 222. The van der Waals surface area contributed by atoms with Gasteiger partial charge in [-0.1, -0.05) is 0 Å². The Kier molecular flexibility index (Phi) is 5.26. The Hall–Kier alpha value is -0.800. The third kappa shape index (κ3) is 2.28. The van der Waals surface area contributed by atoms with Crippen LogP contribution >= 0.6 is 6.79 Å². The number of alkyl halides is 15. The van der Waals surface area contributed by atoms with Crippen LogP contribution in [0.2, 0.25) is 0 Å². The molecule has 0 aliphatic heterocycles. The molecule has 0 N–H and O–H groups in total. The molecule has 0 unspecified atom stereocenters. The fourth-order valence-electron chi connectivity index (χ4n) is 1.89. The van der Waals surface area contributed by atoms with Crippen molar-refractivity contribution in [3.8, 4) is 0 Å². The Morgan fingerprint density at radius 3 is 0.815 bits per heavy atom. The van der Waals surface area contributed by atoms with Crippen LogP contribution < -0.4 is 0 Å². The monoisotopic (exact) mass is 471 g/mol. The fraction of sp³-hybridized carbons (Fsp3) is 1.00. The van der Waals surface area contributed by atoms with Gasteiger partial charge < -0.3 is 0 Å². The van der Waals surface area contributed by atoms with E-state index in [1.165, 1.54) is 0 Å². The number of halogens is 17. The normalized spacial score (nSPS) is 18.9. The molecule has 0 bridgehead atoms.